The standard InChI is InChI=1S/C16H15BrO3/c1-11(12-7-3-4-8-13(12)17)16(18)20-15-10-6-5-9-14(15)19-2/h3-11H,1-2H3. The molecule has 0 heterocycles. The van der Waals surface area contributed by atoms with E-state index in [0.717, 1.165) is 10.0 Å². The van der Waals surface area contributed by atoms with Crippen LogP contribution in [-0.2, 0) is 4.79 Å². The maximum absolute atomic E-state index is 12.2. The summed E-state index contributed by atoms with van der Waals surface area (Å²) in [6, 6.07) is 14.7. The molecular formula is C16H15BrO3. The van der Waals surface area contributed by atoms with Crippen molar-refractivity contribution in [1.82, 2.24) is 0 Å². The van der Waals surface area contributed by atoms with E-state index in [-0.39, 0.29) is 11.9 Å². The fraction of sp³-hybridized carbons (Fsp3) is 0.188. The Labute approximate surface area is 126 Å². The summed E-state index contributed by atoms with van der Waals surface area (Å²) in [5.41, 5.74) is 0.896. The molecule has 0 saturated carbocycles. The van der Waals surface area contributed by atoms with Crippen LogP contribution in [0, 0.1) is 0 Å². The summed E-state index contributed by atoms with van der Waals surface area (Å²) in [6.07, 6.45) is 0. The molecule has 0 radical (unpaired) electrons. The fourth-order valence-electron chi connectivity index (χ4n) is 1.85. The number of halogens is 1. The zero-order valence-electron chi connectivity index (χ0n) is 11.3. The van der Waals surface area contributed by atoms with Crippen molar-refractivity contribution >= 4 is 21.9 Å². The van der Waals surface area contributed by atoms with Gasteiger partial charge in [0, 0.05) is 4.47 Å². The highest BCUT2D eigenvalue weighted by Crippen LogP contribution is 2.30. The van der Waals surface area contributed by atoms with Crippen molar-refractivity contribution in [2.45, 2.75) is 12.8 Å². The summed E-state index contributed by atoms with van der Waals surface area (Å²) in [5.74, 6) is 0.288. The maximum Gasteiger partial charge on any atom is 0.318 e. The molecule has 1 unspecified atom stereocenters. The minimum atomic E-state index is -0.365. The van der Waals surface area contributed by atoms with Crippen molar-refractivity contribution in [1.29, 1.82) is 0 Å². The van der Waals surface area contributed by atoms with Gasteiger partial charge in [-0.3, -0.25) is 4.79 Å². The molecule has 2 aromatic carbocycles. The van der Waals surface area contributed by atoms with E-state index in [1.807, 2.05) is 37.3 Å². The van der Waals surface area contributed by atoms with Gasteiger partial charge in [0.05, 0.1) is 13.0 Å². The van der Waals surface area contributed by atoms with E-state index in [1.54, 1.807) is 25.3 Å². The van der Waals surface area contributed by atoms with Gasteiger partial charge in [-0.05, 0) is 30.7 Å². The number of carbonyl (C=O) groups is 1. The van der Waals surface area contributed by atoms with Gasteiger partial charge < -0.3 is 9.47 Å². The Morgan fingerprint density at radius 2 is 1.65 bits per heavy atom. The van der Waals surface area contributed by atoms with Gasteiger partial charge in [-0.2, -0.15) is 0 Å². The van der Waals surface area contributed by atoms with Gasteiger partial charge >= 0.3 is 5.97 Å². The molecule has 1 atom stereocenters. The van der Waals surface area contributed by atoms with Crippen LogP contribution in [0.3, 0.4) is 0 Å². The first-order valence-electron chi connectivity index (χ1n) is 6.22. The number of rotatable bonds is 4. The molecule has 0 N–H and O–H groups in total. The van der Waals surface area contributed by atoms with Gasteiger partial charge in [-0.25, -0.2) is 0 Å². The van der Waals surface area contributed by atoms with E-state index in [2.05, 4.69) is 15.9 Å². The highest BCUT2D eigenvalue weighted by molar-refractivity contribution is 9.10. The molecule has 0 saturated heterocycles. The predicted molar refractivity (Wildman–Crippen MR) is 81.2 cm³/mol. The van der Waals surface area contributed by atoms with E-state index in [0.29, 0.717) is 11.5 Å². The molecule has 2 rings (SSSR count). The van der Waals surface area contributed by atoms with Crippen molar-refractivity contribution in [3.05, 3.63) is 58.6 Å². The lowest BCUT2D eigenvalue weighted by Crippen LogP contribution is -2.17. The van der Waals surface area contributed by atoms with Crippen molar-refractivity contribution in [3.8, 4) is 11.5 Å². The number of carbonyl (C=O) groups excluding carboxylic acids is 1. The molecule has 104 valence electrons. The van der Waals surface area contributed by atoms with Crippen LogP contribution in [0.5, 0.6) is 11.5 Å². The Balaban J connectivity index is 2.18. The zero-order chi connectivity index (χ0) is 14.5. The number of esters is 1. The van der Waals surface area contributed by atoms with Crippen LogP contribution in [0.25, 0.3) is 0 Å². The van der Waals surface area contributed by atoms with Crippen molar-refractivity contribution < 1.29 is 14.3 Å². The molecule has 0 aliphatic carbocycles. The van der Waals surface area contributed by atoms with Crippen molar-refractivity contribution in [2.75, 3.05) is 7.11 Å². The van der Waals surface area contributed by atoms with Crippen LogP contribution in [0.15, 0.2) is 53.0 Å². The summed E-state index contributed by atoms with van der Waals surface area (Å²) in [6.45, 7) is 1.82. The first-order valence-corrected chi connectivity index (χ1v) is 7.02. The Kier molecular flexibility index (Phi) is 4.79. The van der Waals surface area contributed by atoms with Crippen LogP contribution in [0.1, 0.15) is 18.4 Å². The second kappa shape index (κ2) is 6.57. The first-order chi connectivity index (χ1) is 9.63. The Morgan fingerprint density at radius 3 is 2.30 bits per heavy atom. The average molecular weight is 335 g/mol. The summed E-state index contributed by atoms with van der Waals surface area (Å²) in [7, 11) is 1.55. The van der Waals surface area contributed by atoms with Gasteiger partial charge in [0.1, 0.15) is 0 Å². The molecule has 2 aromatic rings. The second-order valence-electron chi connectivity index (χ2n) is 4.32. The van der Waals surface area contributed by atoms with Gasteiger partial charge in [0.15, 0.2) is 11.5 Å². The molecule has 0 aliphatic rings. The predicted octanol–water partition coefficient (Wildman–Crippen LogP) is 4.17. The van der Waals surface area contributed by atoms with Gasteiger partial charge in [0.2, 0.25) is 0 Å². The summed E-state index contributed by atoms with van der Waals surface area (Å²) in [4.78, 5) is 12.2. The lowest BCUT2D eigenvalue weighted by molar-refractivity contribution is -0.135. The molecule has 0 spiro atoms. The Hall–Kier alpha value is -1.81. The van der Waals surface area contributed by atoms with Gasteiger partial charge in [-0.15, -0.1) is 0 Å². The van der Waals surface area contributed by atoms with Crippen molar-refractivity contribution in [2.24, 2.45) is 0 Å². The minimum Gasteiger partial charge on any atom is -0.493 e. The molecule has 0 aromatic heterocycles. The quantitative estimate of drug-likeness (QED) is 0.621. The molecule has 0 aliphatic heterocycles. The van der Waals surface area contributed by atoms with E-state index >= 15 is 0 Å². The minimum absolute atomic E-state index is 0.318. The van der Waals surface area contributed by atoms with E-state index in [4.69, 9.17) is 9.47 Å². The average Bonchev–Trinajstić information content (AvgIpc) is 2.47. The highest BCUT2D eigenvalue weighted by atomic mass is 79.9. The molecule has 0 amide bonds. The van der Waals surface area contributed by atoms with Crippen LogP contribution < -0.4 is 9.47 Å². The third-order valence-electron chi connectivity index (χ3n) is 3.00. The van der Waals surface area contributed by atoms with E-state index in [1.165, 1.54) is 0 Å². The SMILES string of the molecule is COc1ccccc1OC(=O)C(C)c1ccccc1Br. The fourth-order valence-corrected chi connectivity index (χ4v) is 2.48. The number of methoxy groups -OCH3 is 1. The topological polar surface area (TPSA) is 35.5 Å². The van der Waals surface area contributed by atoms with E-state index < -0.39 is 0 Å². The number of ether oxygens (including phenoxy) is 2. The number of benzene rings is 2. The summed E-state index contributed by atoms with van der Waals surface area (Å²) >= 11 is 3.45. The maximum atomic E-state index is 12.2. The first kappa shape index (κ1) is 14.6. The molecule has 0 fully saturated rings. The summed E-state index contributed by atoms with van der Waals surface area (Å²) < 4.78 is 11.5. The Morgan fingerprint density at radius 1 is 1.05 bits per heavy atom. The molecular weight excluding hydrogens is 320 g/mol. The smallest absolute Gasteiger partial charge is 0.318 e. The Bertz CT molecular complexity index is 610. The van der Waals surface area contributed by atoms with Crippen LogP contribution >= 0.6 is 15.9 Å². The molecule has 20 heavy (non-hydrogen) atoms. The van der Waals surface area contributed by atoms with Gasteiger partial charge in [0.25, 0.3) is 0 Å². The third-order valence-corrected chi connectivity index (χ3v) is 3.73. The van der Waals surface area contributed by atoms with Gasteiger partial charge in [-0.1, -0.05) is 46.3 Å². The van der Waals surface area contributed by atoms with Crippen LogP contribution in [-0.4, -0.2) is 13.1 Å². The molecule has 3 nitrogen and oxygen atoms in total. The number of para-hydroxylation sites is 2. The number of hydrogen-bond acceptors (Lipinski definition) is 3. The molecule has 0 bridgehead atoms. The lowest BCUT2D eigenvalue weighted by atomic mass is 10.0. The zero-order valence-corrected chi connectivity index (χ0v) is 12.9. The monoisotopic (exact) mass is 334 g/mol. The molecule has 4 heteroatoms. The van der Waals surface area contributed by atoms with Crippen LogP contribution in [0.2, 0.25) is 0 Å². The third kappa shape index (κ3) is 3.20. The highest BCUT2D eigenvalue weighted by Gasteiger charge is 2.20. The normalized spacial score (nSPS) is 11.8. The lowest BCUT2D eigenvalue weighted by Gasteiger charge is -2.14. The van der Waals surface area contributed by atoms with Crippen molar-refractivity contribution in [3.63, 3.8) is 0 Å². The second-order valence-corrected chi connectivity index (χ2v) is 5.17. The summed E-state index contributed by atoms with van der Waals surface area (Å²) in [5, 5.41) is 0. The number of hydrogen-bond donors (Lipinski definition) is 0. The largest absolute Gasteiger partial charge is 0.493 e. The van der Waals surface area contributed by atoms with Crippen LogP contribution in [0.4, 0.5) is 0 Å². The van der Waals surface area contributed by atoms with E-state index in [9.17, 15) is 4.79 Å².